The number of rotatable bonds is 5. The van der Waals surface area contributed by atoms with Crippen LogP contribution in [0.25, 0.3) is 22.2 Å². The van der Waals surface area contributed by atoms with Gasteiger partial charge in [0.05, 0.1) is 11.2 Å². The molecule has 3 rings (SSSR count). The Hall–Kier alpha value is -2.38. The highest BCUT2D eigenvalue weighted by molar-refractivity contribution is 6.31. The zero-order chi connectivity index (χ0) is 16.2. The van der Waals surface area contributed by atoms with Crippen molar-refractivity contribution < 1.29 is 0 Å². The Kier molecular flexibility index (Phi) is 4.59. The Labute approximate surface area is 142 Å². The molecule has 2 aromatic carbocycles. The summed E-state index contributed by atoms with van der Waals surface area (Å²) in [7, 11) is 0. The van der Waals surface area contributed by atoms with Gasteiger partial charge < -0.3 is 0 Å². The number of halogens is 1. The molecule has 0 amide bonds. The minimum absolute atomic E-state index is 0.724. The van der Waals surface area contributed by atoms with Gasteiger partial charge >= 0.3 is 0 Å². The average molecular weight is 320 g/mol. The molecule has 1 aromatic heterocycles. The van der Waals surface area contributed by atoms with E-state index >= 15 is 0 Å². The second kappa shape index (κ2) is 6.80. The first-order chi connectivity index (χ1) is 11.2. The van der Waals surface area contributed by atoms with Crippen LogP contribution in [0, 0.1) is 0 Å². The topological polar surface area (TPSA) is 12.9 Å². The fourth-order valence-electron chi connectivity index (χ4n) is 2.92. The van der Waals surface area contributed by atoms with Gasteiger partial charge in [-0.1, -0.05) is 54.1 Å². The van der Waals surface area contributed by atoms with E-state index in [0.29, 0.717) is 0 Å². The van der Waals surface area contributed by atoms with Crippen LogP contribution in [0.2, 0.25) is 5.02 Å². The van der Waals surface area contributed by atoms with Crippen LogP contribution in [-0.2, 0) is 12.8 Å². The second-order valence-corrected chi connectivity index (χ2v) is 5.87. The Balaban J connectivity index is 2.39. The fraction of sp³-hybridized carbons (Fsp3) is 0.0952. The largest absolute Gasteiger partial charge is 0.247 e. The van der Waals surface area contributed by atoms with Crippen molar-refractivity contribution >= 4 is 22.5 Å². The van der Waals surface area contributed by atoms with Crippen LogP contribution in [0.4, 0.5) is 0 Å². The second-order valence-electron chi connectivity index (χ2n) is 5.43. The van der Waals surface area contributed by atoms with E-state index in [1.54, 1.807) is 0 Å². The molecule has 0 aliphatic rings. The molecule has 23 heavy (non-hydrogen) atoms. The van der Waals surface area contributed by atoms with Gasteiger partial charge in [0.15, 0.2) is 0 Å². The summed E-state index contributed by atoms with van der Waals surface area (Å²) in [6, 6.07) is 16.1. The van der Waals surface area contributed by atoms with Crippen molar-refractivity contribution in [2.45, 2.75) is 12.8 Å². The van der Waals surface area contributed by atoms with Gasteiger partial charge in [-0.2, -0.15) is 0 Å². The lowest BCUT2D eigenvalue weighted by atomic mass is 9.93. The first-order valence-electron chi connectivity index (χ1n) is 7.63. The summed E-state index contributed by atoms with van der Waals surface area (Å²) in [4.78, 5) is 4.91. The normalized spacial score (nSPS) is 10.7. The highest BCUT2D eigenvalue weighted by atomic mass is 35.5. The molecule has 0 saturated heterocycles. The van der Waals surface area contributed by atoms with Gasteiger partial charge in [0, 0.05) is 16.0 Å². The molecule has 0 aliphatic heterocycles. The van der Waals surface area contributed by atoms with Crippen LogP contribution in [0.3, 0.4) is 0 Å². The van der Waals surface area contributed by atoms with E-state index in [4.69, 9.17) is 16.6 Å². The molecule has 0 unspecified atom stereocenters. The minimum atomic E-state index is 0.724. The van der Waals surface area contributed by atoms with Crippen LogP contribution in [0.5, 0.6) is 0 Å². The van der Waals surface area contributed by atoms with Gasteiger partial charge in [0.2, 0.25) is 0 Å². The number of fused-ring (bicyclic) bond motifs is 1. The van der Waals surface area contributed by atoms with Crippen LogP contribution in [-0.4, -0.2) is 4.98 Å². The van der Waals surface area contributed by atoms with Crippen molar-refractivity contribution in [2.75, 3.05) is 0 Å². The molecule has 0 spiro atoms. The van der Waals surface area contributed by atoms with Crippen molar-refractivity contribution in [3.05, 3.63) is 90.0 Å². The SMILES string of the molecule is C=CCc1c(-c2ccccc2)nc2ccc(Cl)cc2c1CC=C. The predicted molar refractivity (Wildman–Crippen MR) is 100.0 cm³/mol. The van der Waals surface area contributed by atoms with Crippen molar-refractivity contribution in [3.8, 4) is 11.3 Å². The number of allylic oxidation sites excluding steroid dienone is 2. The summed E-state index contributed by atoms with van der Waals surface area (Å²) >= 11 is 6.20. The summed E-state index contributed by atoms with van der Waals surface area (Å²) in [6.07, 6.45) is 5.40. The number of hydrogen-bond acceptors (Lipinski definition) is 1. The molecule has 3 aromatic rings. The smallest absolute Gasteiger partial charge is 0.0747 e. The summed E-state index contributed by atoms with van der Waals surface area (Å²) in [5.74, 6) is 0. The van der Waals surface area contributed by atoms with Gasteiger partial charge in [0.25, 0.3) is 0 Å². The number of benzene rings is 2. The van der Waals surface area contributed by atoms with Crippen LogP contribution in [0.1, 0.15) is 11.1 Å². The van der Waals surface area contributed by atoms with E-state index < -0.39 is 0 Å². The first-order valence-corrected chi connectivity index (χ1v) is 8.00. The summed E-state index contributed by atoms with van der Waals surface area (Å²) in [6.45, 7) is 7.82. The molecule has 1 nitrogen and oxygen atoms in total. The molecule has 0 bridgehead atoms. The fourth-order valence-corrected chi connectivity index (χ4v) is 3.09. The van der Waals surface area contributed by atoms with Crippen LogP contribution in [0.15, 0.2) is 73.8 Å². The highest BCUT2D eigenvalue weighted by Gasteiger charge is 2.15. The number of nitrogens with zero attached hydrogens (tertiary/aromatic N) is 1. The molecule has 1 heterocycles. The van der Waals surface area contributed by atoms with E-state index in [-0.39, 0.29) is 0 Å². The summed E-state index contributed by atoms with van der Waals surface area (Å²) in [5.41, 5.74) is 5.51. The first kappa shape index (κ1) is 15.5. The van der Waals surface area contributed by atoms with Gasteiger partial charge in [-0.05, 0) is 42.2 Å². The molecule has 0 atom stereocenters. The van der Waals surface area contributed by atoms with E-state index in [0.717, 1.165) is 40.0 Å². The lowest BCUT2D eigenvalue weighted by Crippen LogP contribution is -2.01. The molecular formula is C21H18ClN. The van der Waals surface area contributed by atoms with Crippen molar-refractivity contribution in [1.29, 1.82) is 0 Å². The molecular weight excluding hydrogens is 302 g/mol. The highest BCUT2D eigenvalue weighted by Crippen LogP contribution is 2.32. The van der Waals surface area contributed by atoms with Gasteiger partial charge in [-0.25, -0.2) is 4.98 Å². The Morgan fingerprint density at radius 2 is 1.61 bits per heavy atom. The van der Waals surface area contributed by atoms with Crippen molar-refractivity contribution in [1.82, 2.24) is 4.98 Å². The van der Waals surface area contributed by atoms with Gasteiger partial charge in [-0.3, -0.25) is 0 Å². The number of pyridine rings is 1. The lowest BCUT2D eigenvalue weighted by Gasteiger charge is -2.16. The molecule has 0 radical (unpaired) electrons. The Bertz CT molecular complexity index is 866. The molecule has 0 N–H and O–H groups in total. The third-order valence-electron chi connectivity index (χ3n) is 3.91. The maximum absolute atomic E-state index is 6.20. The van der Waals surface area contributed by atoms with Crippen molar-refractivity contribution in [3.63, 3.8) is 0 Å². The van der Waals surface area contributed by atoms with Crippen LogP contribution < -0.4 is 0 Å². The van der Waals surface area contributed by atoms with E-state index in [1.807, 2.05) is 48.6 Å². The summed E-state index contributed by atoms with van der Waals surface area (Å²) in [5, 5.41) is 1.82. The molecule has 114 valence electrons. The maximum atomic E-state index is 6.20. The third kappa shape index (κ3) is 3.06. The standard InChI is InChI=1S/C21H18ClN/c1-3-8-17-18(9-4-2)21(15-10-6-5-7-11-15)23-20-13-12-16(22)14-19(17)20/h3-7,10-14H,1-2,8-9H2. The Morgan fingerprint density at radius 1 is 0.913 bits per heavy atom. The number of hydrogen-bond donors (Lipinski definition) is 0. The van der Waals surface area contributed by atoms with Crippen LogP contribution >= 0.6 is 11.6 Å². The van der Waals surface area contributed by atoms with E-state index in [9.17, 15) is 0 Å². The molecule has 0 saturated carbocycles. The number of aromatic nitrogens is 1. The average Bonchev–Trinajstić information content (AvgIpc) is 2.58. The van der Waals surface area contributed by atoms with E-state index in [1.165, 1.54) is 11.1 Å². The molecule has 0 fully saturated rings. The Morgan fingerprint density at radius 3 is 2.30 bits per heavy atom. The predicted octanol–water partition coefficient (Wildman–Crippen LogP) is 6.01. The third-order valence-corrected chi connectivity index (χ3v) is 4.15. The lowest BCUT2D eigenvalue weighted by molar-refractivity contribution is 1.14. The van der Waals surface area contributed by atoms with Crippen molar-refractivity contribution in [2.24, 2.45) is 0 Å². The monoisotopic (exact) mass is 319 g/mol. The van der Waals surface area contributed by atoms with Gasteiger partial charge in [0.1, 0.15) is 0 Å². The summed E-state index contributed by atoms with van der Waals surface area (Å²) < 4.78 is 0. The molecule has 2 heteroatoms. The quantitative estimate of drug-likeness (QED) is 0.524. The van der Waals surface area contributed by atoms with E-state index in [2.05, 4.69) is 25.3 Å². The van der Waals surface area contributed by atoms with Gasteiger partial charge in [-0.15, -0.1) is 13.2 Å². The zero-order valence-corrected chi connectivity index (χ0v) is 13.7. The minimum Gasteiger partial charge on any atom is -0.247 e. The maximum Gasteiger partial charge on any atom is 0.0747 e. The molecule has 0 aliphatic carbocycles. The zero-order valence-electron chi connectivity index (χ0n) is 12.9.